The summed E-state index contributed by atoms with van der Waals surface area (Å²) in [6, 6.07) is 14.2. The molecule has 0 spiro atoms. The molecule has 0 atom stereocenters. The van der Waals surface area contributed by atoms with E-state index in [-0.39, 0.29) is 5.91 Å². The number of aryl methyl sites for hydroxylation is 1. The highest BCUT2D eigenvalue weighted by atomic mass is 16.6. The molecule has 1 aliphatic heterocycles. The number of rotatable bonds is 7. The first-order valence-electron chi connectivity index (χ1n) is 9.50. The van der Waals surface area contributed by atoms with Crippen LogP contribution in [0, 0.1) is 0 Å². The van der Waals surface area contributed by atoms with Crippen molar-refractivity contribution >= 4 is 16.8 Å². The van der Waals surface area contributed by atoms with E-state index in [1.54, 1.807) is 0 Å². The molecule has 3 aromatic rings. The minimum Gasteiger partial charge on any atom is -0.486 e. The van der Waals surface area contributed by atoms with Gasteiger partial charge in [0, 0.05) is 30.1 Å². The van der Waals surface area contributed by atoms with Gasteiger partial charge in [-0.1, -0.05) is 24.3 Å². The third-order valence-electron chi connectivity index (χ3n) is 4.87. The Morgan fingerprint density at radius 3 is 2.81 bits per heavy atom. The zero-order chi connectivity index (χ0) is 18.5. The van der Waals surface area contributed by atoms with Gasteiger partial charge in [0.25, 0.3) is 0 Å². The van der Waals surface area contributed by atoms with Crippen molar-refractivity contribution in [2.24, 2.45) is 0 Å². The number of carbonyl (C=O) groups excluding carboxylic acids is 1. The summed E-state index contributed by atoms with van der Waals surface area (Å²) in [5.74, 6) is 1.72. The number of hydrogen-bond donors (Lipinski definition) is 2. The lowest BCUT2D eigenvalue weighted by Crippen LogP contribution is -2.25. The van der Waals surface area contributed by atoms with Crippen molar-refractivity contribution in [1.82, 2.24) is 10.3 Å². The lowest BCUT2D eigenvalue weighted by Gasteiger charge is -2.18. The number of aromatic nitrogens is 1. The second kappa shape index (κ2) is 8.16. The molecule has 1 aromatic heterocycles. The Balaban J connectivity index is 1.20. The fraction of sp³-hybridized carbons (Fsp3) is 0.318. The van der Waals surface area contributed by atoms with Gasteiger partial charge in [0.15, 0.2) is 11.5 Å². The summed E-state index contributed by atoms with van der Waals surface area (Å²) in [7, 11) is 0. The fourth-order valence-electron chi connectivity index (χ4n) is 3.46. The van der Waals surface area contributed by atoms with E-state index < -0.39 is 0 Å². The van der Waals surface area contributed by atoms with Gasteiger partial charge in [-0.15, -0.1) is 0 Å². The minimum absolute atomic E-state index is 0.104. The molecule has 0 radical (unpaired) electrons. The molecule has 2 heterocycles. The number of aromatic amines is 1. The van der Waals surface area contributed by atoms with Gasteiger partial charge in [0.05, 0.1) is 0 Å². The van der Waals surface area contributed by atoms with Crippen LogP contribution in [-0.2, 0) is 17.6 Å². The van der Waals surface area contributed by atoms with Crippen molar-refractivity contribution in [3.05, 3.63) is 59.8 Å². The molecule has 0 fully saturated rings. The topological polar surface area (TPSA) is 63.4 Å². The van der Waals surface area contributed by atoms with Crippen LogP contribution >= 0.6 is 0 Å². The second-order valence-corrected chi connectivity index (χ2v) is 6.79. The van der Waals surface area contributed by atoms with E-state index in [0.717, 1.165) is 36.3 Å². The molecule has 1 amide bonds. The summed E-state index contributed by atoms with van der Waals surface area (Å²) in [5.41, 5.74) is 3.55. The van der Waals surface area contributed by atoms with E-state index in [9.17, 15) is 4.79 Å². The van der Waals surface area contributed by atoms with Crippen LogP contribution in [0.3, 0.4) is 0 Å². The first-order valence-corrected chi connectivity index (χ1v) is 9.50. The monoisotopic (exact) mass is 364 g/mol. The van der Waals surface area contributed by atoms with Gasteiger partial charge in [0.1, 0.15) is 13.2 Å². The number of para-hydroxylation sites is 1. The highest BCUT2D eigenvalue weighted by Crippen LogP contribution is 2.31. The third-order valence-corrected chi connectivity index (χ3v) is 4.87. The molecule has 2 N–H and O–H groups in total. The summed E-state index contributed by atoms with van der Waals surface area (Å²) in [6.07, 6.45) is 5.06. The molecule has 0 saturated heterocycles. The molecule has 140 valence electrons. The van der Waals surface area contributed by atoms with E-state index in [2.05, 4.69) is 22.4 Å². The Kier molecular flexibility index (Phi) is 5.28. The van der Waals surface area contributed by atoms with E-state index in [4.69, 9.17) is 9.47 Å². The normalized spacial score (nSPS) is 12.9. The number of H-pyrrole nitrogens is 1. The van der Waals surface area contributed by atoms with Crippen LogP contribution in [0.2, 0.25) is 0 Å². The van der Waals surface area contributed by atoms with E-state index >= 15 is 0 Å². The smallest absolute Gasteiger partial charge is 0.220 e. The average Bonchev–Trinajstić information content (AvgIpc) is 3.11. The van der Waals surface area contributed by atoms with E-state index in [1.165, 1.54) is 16.5 Å². The molecule has 27 heavy (non-hydrogen) atoms. The van der Waals surface area contributed by atoms with Gasteiger partial charge in [-0.2, -0.15) is 0 Å². The molecule has 1 aliphatic rings. The van der Waals surface area contributed by atoms with Crippen LogP contribution in [0.25, 0.3) is 10.9 Å². The predicted octanol–water partition coefficient (Wildman–Crippen LogP) is 3.62. The summed E-state index contributed by atoms with van der Waals surface area (Å²) >= 11 is 0. The second-order valence-electron chi connectivity index (χ2n) is 6.79. The maximum Gasteiger partial charge on any atom is 0.220 e. The fourth-order valence-corrected chi connectivity index (χ4v) is 3.46. The standard InChI is InChI=1S/C22H24N2O3/c25-22(23-11-10-17-15-24-19-6-2-1-5-18(17)19)7-3-4-16-8-9-20-21(14-16)27-13-12-26-20/h1-2,5-6,8-9,14-15,24H,3-4,7,10-13H2,(H,23,25). The van der Waals surface area contributed by atoms with Crippen LogP contribution in [-0.4, -0.2) is 30.6 Å². The SMILES string of the molecule is O=C(CCCc1ccc2c(c1)OCCO2)NCCc1c[nH]c2ccccc12. The molecule has 5 heteroatoms. The van der Waals surface area contributed by atoms with E-state index in [0.29, 0.717) is 26.2 Å². The van der Waals surface area contributed by atoms with Crippen LogP contribution in [0.5, 0.6) is 11.5 Å². The Morgan fingerprint density at radius 2 is 1.89 bits per heavy atom. The van der Waals surface area contributed by atoms with Gasteiger partial charge in [0.2, 0.25) is 5.91 Å². The third kappa shape index (κ3) is 4.25. The maximum absolute atomic E-state index is 12.1. The first-order chi connectivity index (χ1) is 13.3. The highest BCUT2D eigenvalue weighted by molar-refractivity contribution is 5.83. The van der Waals surface area contributed by atoms with Crippen LogP contribution < -0.4 is 14.8 Å². The Hall–Kier alpha value is -2.95. The Bertz CT molecular complexity index is 932. The van der Waals surface area contributed by atoms with Crippen LogP contribution in [0.4, 0.5) is 0 Å². The van der Waals surface area contributed by atoms with Crippen LogP contribution in [0.1, 0.15) is 24.0 Å². The molecule has 2 aromatic carbocycles. The van der Waals surface area contributed by atoms with E-state index in [1.807, 2.05) is 36.5 Å². The Morgan fingerprint density at radius 1 is 1.04 bits per heavy atom. The number of hydrogen-bond acceptors (Lipinski definition) is 3. The predicted molar refractivity (Wildman–Crippen MR) is 105 cm³/mol. The molecular weight excluding hydrogens is 340 g/mol. The number of nitrogens with one attached hydrogen (secondary N) is 2. The van der Waals surface area contributed by atoms with Gasteiger partial charge >= 0.3 is 0 Å². The molecule has 0 unspecified atom stereocenters. The molecule has 0 bridgehead atoms. The summed E-state index contributed by atoms with van der Waals surface area (Å²) in [4.78, 5) is 15.4. The average molecular weight is 364 g/mol. The maximum atomic E-state index is 12.1. The molecular formula is C22H24N2O3. The molecule has 4 rings (SSSR count). The first kappa shape index (κ1) is 17.5. The van der Waals surface area contributed by atoms with Crippen LogP contribution in [0.15, 0.2) is 48.7 Å². The van der Waals surface area contributed by atoms with Crippen molar-refractivity contribution in [1.29, 1.82) is 0 Å². The minimum atomic E-state index is 0.104. The quantitative estimate of drug-likeness (QED) is 0.673. The van der Waals surface area contributed by atoms with Crippen molar-refractivity contribution in [3.8, 4) is 11.5 Å². The zero-order valence-corrected chi connectivity index (χ0v) is 15.3. The van der Waals surface area contributed by atoms with Crippen molar-refractivity contribution in [3.63, 3.8) is 0 Å². The number of ether oxygens (including phenoxy) is 2. The Labute approximate surface area is 158 Å². The van der Waals surface area contributed by atoms with Crippen molar-refractivity contribution in [2.75, 3.05) is 19.8 Å². The lowest BCUT2D eigenvalue weighted by molar-refractivity contribution is -0.121. The lowest BCUT2D eigenvalue weighted by atomic mass is 10.1. The molecule has 0 aliphatic carbocycles. The van der Waals surface area contributed by atoms with Gasteiger partial charge in [-0.3, -0.25) is 4.79 Å². The largest absolute Gasteiger partial charge is 0.486 e. The summed E-state index contributed by atoms with van der Waals surface area (Å²) < 4.78 is 11.1. The highest BCUT2D eigenvalue weighted by Gasteiger charge is 2.12. The molecule has 5 nitrogen and oxygen atoms in total. The zero-order valence-electron chi connectivity index (χ0n) is 15.3. The van der Waals surface area contributed by atoms with Gasteiger partial charge in [-0.05, 0) is 48.6 Å². The van der Waals surface area contributed by atoms with Crippen molar-refractivity contribution < 1.29 is 14.3 Å². The summed E-state index contributed by atoms with van der Waals surface area (Å²) in [6.45, 7) is 1.85. The number of fused-ring (bicyclic) bond motifs is 2. The number of benzene rings is 2. The number of amides is 1. The van der Waals surface area contributed by atoms with Gasteiger partial charge in [-0.25, -0.2) is 0 Å². The van der Waals surface area contributed by atoms with Gasteiger partial charge < -0.3 is 19.8 Å². The number of carbonyl (C=O) groups is 1. The summed E-state index contributed by atoms with van der Waals surface area (Å²) in [5, 5.41) is 4.25. The van der Waals surface area contributed by atoms with Crippen molar-refractivity contribution in [2.45, 2.75) is 25.7 Å². The molecule has 0 saturated carbocycles.